The lowest BCUT2D eigenvalue weighted by molar-refractivity contribution is 0.178. The van der Waals surface area contributed by atoms with Crippen LogP contribution in [-0.2, 0) is 0 Å². The van der Waals surface area contributed by atoms with Crippen LogP contribution in [0.5, 0.6) is 11.5 Å². The van der Waals surface area contributed by atoms with Gasteiger partial charge in [-0.25, -0.2) is 0 Å². The van der Waals surface area contributed by atoms with Gasteiger partial charge in [0.25, 0.3) is 0 Å². The van der Waals surface area contributed by atoms with Crippen LogP contribution in [0.4, 0.5) is 0 Å². The van der Waals surface area contributed by atoms with Gasteiger partial charge < -0.3 is 9.47 Å². The van der Waals surface area contributed by atoms with Crippen molar-refractivity contribution in [2.45, 2.75) is 25.4 Å². The van der Waals surface area contributed by atoms with Gasteiger partial charge in [-0.2, -0.15) is 0 Å². The molecule has 20 heavy (non-hydrogen) atoms. The quantitative estimate of drug-likeness (QED) is 0.806. The molecule has 0 saturated carbocycles. The van der Waals surface area contributed by atoms with Crippen molar-refractivity contribution in [1.29, 1.82) is 0 Å². The average molecular weight is 266 g/mol. The maximum absolute atomic E-state index is 5.95. The van der Waals surface area contributed by atoms with Gasteiger partial charge in [0, 0.05) is 12.8 Å². The molecular weight excluding hydrogens is 248 g/mol. The molecule has 1 aliphatic rings. The van der Waals surface area contributed by atoms with Gasteiger partial charge in [0.15, 0.2) is 0 Å². The summed E-state index contributed by atoms with van der Waals surface area (Å²) in [5, 5.41) is 0. The molecule has 0 bridgehead atoms. The maximum atomic E-state index is 5.95. The standard InChI is InChI=1S/C18H18O2/c1-3-7-15(8-4-1)19-17-11-13-18(14-12-17)20-16-9-5-2-6-10-16/h1-11,18H,12-14H2. The highest BCUT2D eigenvalue weighted by Crippen LogP contribution is 2.25. The molecular formula is C18H18O2. The van der Waals surface area contributed by atoms with E-state index in [-0.39, 0.29) is 6.10 Å². The molecule has 1 atom stereocenters. The van der Waals surface area contributed by atoms with Crippen LogP contribution in [-0.4, -0.2) is 6.10 Å². The van der Waals surface area contributed by atoms with Gasteiger partial charge in [-0.3, -0.25) is 0 Å². The second-order valence-corrected chi connectivity index (χ2v) is 4.91. The monoisotopic (exact) mass is 266 g/mol. The van der Waals surface area contributed by atoms with Gasteiger partial charge in [0.1, 0.15) is 23.4 Å². The first-order valence-electron chi connectivity index (χ1n) is 7.04. The normalized spacial score (nSPS) is 18.2. The van der Waals surface area contributed by atoms with Crippen LogP contribution in [0.2, 0.25) is 0 Å². The average Bonchev–Trinajstić information content (AvgIpc) is 2.51. The molecule has 102 valence electrons. The summed E-state index contributed by atoms with van der Waals surface area (Å²) < 4.78 is 11.8. The Balaban J connectivity index is 1.55. The fourth-order valence-electron chi connectivity index (χ4n) is 2.32. The molecule has 3 rings (SSSR count). The van der Waals surface area contributed by atoms with Crippen LogP contribution >= 0.6 is 0 Å². The van der Waals surface area contributed by atoms with Gasteiger partial charge in [0.2, 0.25) is 0 Å². The number of rotatable bonds is 4. The number of para-hydroxylation sites is 2. The summed E-state index contributed by atoms with van der Waals surface area (Å²) in [6.07, 6.45) is 5.21. The second-order valence-electron chi connectivity index (χ2n) is 4.91. The van der Waals surface area contributed by atoms with Crippen molar-refractivity contribution in [3.63, 3.8) is 0 Å². The first-order chi connectivity index (χ1) is 9.90. The van der Waals surface area contributed by atoms with Gasteiger partial charge in [-0.1, -0.05) is 36.4 Å². The molecule has 0 N–H and O–H groups in total. The Bertz CT molecular complexity index is 560. The van der Waals surface area contributed by atoms with Gasteiger partial charge in [-0.05, 0) is 36.8 Å². The molecule has 2 heteroatoms. The highest BCUT2D eigenvalue weighted by Gasteiger charge is 2.17. The Morgan fingerprint density at radius 3 is 2.05 bits per heavy atom. The lowest BCUT2D eigenvalue weighted by Gasteiger charge is -2.23. The third-order valence-electron chi connectivity index (χ3n) is 3.36. The highest BCUT2D eigenvalue weighted by molar-refractivity contribution is 5.24. The zero-order chi connectivity index (χ0) is 13.6. The van der Waals surface area contributed by atoms with Crippen LogP contribution in [0, 0.1) is 0 Å². The second kappa shape index (κ2) is 6.29. The molecule has 2 aromatic carbocycles. The lowest BCUT2D eigenvalue weighted by Crippen LogP contribution is -2.20. The molecule has 0 fully saturated rings. The van der Waals surface area contributed by atoms with Crippen LogP contribution in [0.3, 0.4) is 0 Å². The van der Waals surface area contributed by atoms with Crippen molar-refractivity contribution in [3.8, 4) is 11.5 Å². The summed E-state index contributed by atoms with van der Waals surface area (Å²) in [7, 11) is 0. The van der Waals surface area contributed by atoms with Crippen LogP contribution in [0.15, 0.2) is 72.5 Å². The van der Waals surface area contributed by atoms with Crippen LogP contribution < -0.4 is 9.47 Å². The predicted molar refractivity (Wildman–Crippen MR) is 79.9 cm³/mol. The van der Waals surface area contributed by atoms with Crippen molar-refractivity contribution in [1.82, 2.24) is 0 Å². The molecule has 0 radical (unpaired) electrons. The van der Waals surface area contributed by atoms with E-state index < -0.39 is 0 Å². The lowest BCUT2D eigenvalue weighted by atomic mass is 10.0. The zero-order valence-corrected chi connectivity index (χ0v) is 11.4. The topological polar surface area (TPSA) is 18.5 Å². The Labute approximate surface area is 119 Å². The summed E-state index contributed by atoms with van der Waals surface area (Å²) in [5.41, 5.74) is 0. The largest absolute Gasteiger partial charge is 0.490 e. The van der Waals surface area contributed by atoms with E-state index in [2.05, 4.69) is 6.08 Å². The molecule has 0 heterocycles. The number of benzene rings is 2. The number of hydrogen-bond donors (Lipinski definition) is 0. The van der Waals surface area contributed by atoms with E-state index >= 15 is 0 Å². The molecule has 1 unspecified atom stereocenters. The van der Waals surface area contributed by atoms with E-state index in [0.29, 0.717) is 0 Å². The summed E-state index contributed by atoms with van der Waals surface area (Å²) in [4.78, 5) is 0. The van der Waals surface area contributed by atoms with Crippen molar-refractivity contribution in [2.75, 3.05) is 0 Å². The Morgan fingerprint density at radius 1 is 0.800 bits per heavy atom. The summed E-state index contributed by atoms with van der Waals surface area (Å²) in [5.74, 6) is 2.89. The van der Waals surface area contributed by atoms with E-state index in [1.165, 1.54) is 0 Å². The molecule has 1 aliphatic carbocycles. The van der Waals surface area contributed by atoms with E-state index in [9.17, 15) is 0 Å². The van der Waals surface area contributed by atoms with Gasteiger partial charge in [-0.15, -0.1) is 0 Å². The third kappa shape index (κ3) is 3.41. The van der Waals surface area contributed by atoms with Crippen molar-refractivity contribution >= 4 is 0 Å². The highest BCUT2D eigenvalue weighted by atomic mass is 16.5. The molecule has 0 amide bonds. The minimum atomic E-state index is 0.250. The summed E-state index contributed by atoms with van der Waals surface area (Å²) >= 11 is 0. The fraction of sp³-hybridized carbons (Fsp3) is 0.222. The molecule has 2 aromatic rings. The maximum Gasteiger partial charge on any atom is 0.126 e. The molecule has 0 saturated heterocycles. The Morgan fingerprint density at radius 2 is 1.45 bits per heavy atom. The first-order valence-corrected chi connectivity index (χ1v) is 7.04. The van der Waals surface area contributed by atoms with E-state index in [0.717, 1.165) is 36.5 Å². The van der Waals surface area contributed by atoms with Gasteiger partial charge >= 0.3 is 0 Å². The summed E-state index contributed by atoms with van der Waals surface area (Å²) in [6, 6.07) is 19.9. The number of ether oxygens (including phenoxy) is 2. The van der Waals surface area contributed by atoms with Crippen LogP contribution in [0.1, 0.15) is 19.3 Å². The third-order valence-corrected chi connectivity index (χ3v) is 3.36. The Hall–Kier alpha value is -2.22. The van der Waals surface area contributed by atoms with E-state index in [1.54, 1.807) is 0 Å². The van der Waals surface area contributed by atoms with Crippen molar-refractivity contribution in [2.24, 2.45) is 0 Å². The minimum absolute atomic E-state index is 0.250. The first kappa shape index (κ1) is 12.8. The van der Waals surface area contributed by atoms with Crippen LogP contribution in [0.25, 0.3) is 0 Å². The Kier molecular flexibility index (Phi) is 4.02. The molecule has 0 aromatic heterocycles. The molecule has 2 nitrogen and oxygen atoms in total. The van der Waals surface area contributed by atoms with E-state index in [1.807, 2.05) is 60.7 Å². The number of hydrogen-bond acceptors (Lipinski definition) is 2. The van der Waals surface area contributed by atoms with E-state index in [4.69, 9.17) is 9.47 Å². The van der Waals surface area contributed by atoms with Crippen molar-refractivity contribution in [3.05, 3.63) is 72.5 Å². The minimum Gasteiger partial charge on any atom is -0.490 e. The molecule has 0 spiro atoms. The fourth-order valence-corrected chi connectivity index (χ4v) is 2.32. The van der Waals surface area contributed by atoms with Gasteiger partial charge in [0.05, 0.1) is 0 Å². The SMILES string of the molecule is C1=C(Oc2ccccc2)CCC(Oc2ccccc2)C1. The number of allylic oxidation sites excluding steroid dienone is 1. The summed E-state index contributed by atoms with van der Waals surface area (Å²) in [6.45, 7) is 0. The smallest absolute Gasteiger partial charge is 0.126 e. The predicted octanol–water partition coefficient (Wildman–Crippen LogP) is 4.58. The zero-order valence-electron chi connectivity index (χ0n) is 11.4. The molecule has 0 aliphatic heterocycles. The van der Waals surface area contributed by atoms with Crippen molar-refractivity contribution < 1.29 is 9.47 Å².